The molecule has 0 bridgehead atoms. The monoisotopic (exact) mass is 422 g/mol. The van der Waals surface area contributed by atoms with Gasteiger partial charge in [0.2, 0.25) is 0 Å². The third kappa shape index (κ3) is 5.23. The Morgan fingerprint density at radius 1 is 0.897 bits per heavy atom. The second-order valence-electron chi connectivity index (χ2n) is 6.04. The normalized spacial score (nSPS) is 11.9. The van der Waals surface area contributed by atoms with Crippen molar-refractivity contribution >= 4 is 32.8 Å². The van der Waals surface area contributed by atoms with Gasteiger partial charge >= 0.3 is 6.18 Å². The van der Waals surface area contributed by atoms with Crippen molar-refractivity contribution in [1.82, 2.24) is 9.97 Å². The molecule has 3 rings (SSSR count). The Balaban J connectivity index is 1.76. The highest BCUT2D eigenvalue weighted by Crippen LogP contribution is 2.30. The van der Waals surface area contributed by atoms with Crippen LogP contribution in [-0.4, -0.2) is 24.1 Å². The summed E-state index contributed by atoms with van der Waals surface area (Å²) in [4.78, 5) is 8.31. The largest absolute Gasteiger partial charge is 0.416 e. The van der Waals surface area contributed by atoms with E-state index in [1.165, 1.54) is 30.6 Å². The van der Waals surface area contributed by atoms with Gasteiger partial charge in [-0.25, -0.2) is 18.4 Å². The molecule has 0 amide bonds. The summed E-state index contributed by atoms with van der Waals surface area (Å²) in [7, 11) is -3.34. The number of alkyl halides is 3. The summed E-state index contributed by atoms with van der Waals surface area (Å²) in [6.07, 6.45) is -3.12. The van der Waals surface area contributed by atoms with Gasteiger partial charge < -0.3 is 10.6 Å². The number of aromatic nitrogens is 2. The number of sulfone groups is 1. The van der Waals surface area contributed by atoms with Gasteiger partial charge in [0.15, 0.2) is 9.84 Å². The van der Waals surface area contributed by atoms with Gasteiger partial charge in [-0.1, -0.05) is 13.0 Å². The zero-order chi connectivity index (χ0) is 21.1. The molecule has 0 fully saturated rings. The molecule has 1 aromatic heterocycles. The summed E-state index contributed by atoms with van der Waals surface area (Å²) in [5.74, 6) is 0.741. The summed E-state index contributed by atoms with van der Waals surface area (Å²) < 4.78 is 62.0. The van der Waals surface area contributed by atoms with Crippen LogP contribution in [0.3, 0.4) is 0 Å². The summed E-state index contributed by atoms with van der Waals surface area (Å²) in [6.45, 7) is 1.57. The van der Waals surface area contributed by atoms with Crippen LogP contribution in [-0.2, 0) is 16.0 Å². The molecular formula is C19H17F3N4O2S. The molecule has 152 valence electrons. The molecule has 0 aliphatic rings. The van der Waals surface area contributed by atoms with Gasteiger partial charge in [-0.3, -0.25) is 0 Å². The number of rotatable bonds is 6. The number of hydrogen-bond donors (Lipinski definition) is 2. The minimum Gasteiger partial charge on any atom is -0.340 e. The first kappa shape index (κ1) is 20.6. The zero-order valence-corrected chi connectivity index (χ0v) is 16.1. The molecule has 10 heteroatoms. The molecule has 0 unspecified atom stereocenters. The lowest BCUT2D eigenvalue weighted by Crippen LogP contribution is -2.05. The Morgan fingerprint density at radius 3 is 2.10 bits per heavy atom. The van der Waals surface area contributed by atoms with E-state index in [-0.39, 0.29) is 10.6 Å². The predicted molar refractivity (Wildman–Crippen MR) is 104 cm³/mol. The Kier molecular flexibility index (Phi) is 5.73. The van der Waals surface area contributed by atoms with E-state index in [4.69, 9.17) is 0 Å². The lowest BCUT2D eigenvalue weighted by atomic mass is 10.2. The minimum absolute atomic E-state index is 0.00877. The highest BCUT2D eigenvalue weighted by Gasteiger charge is 2.29. The molecular weight excluding hydrogens is 405 g/mol. The number of nitrogens with zero attached hydrogens (tertiary/aromatic N) is 2. The third-order valence-electron chi connectivity index (χ3n) is 4.00. The van der Waals surface area contributed by atoms with Crippen LogP contribution in [0.15, 0.2) is 65.8 Å². The number of benzene rings is 2. The number of anilines is 4. The fourth-order valence-electron chi connectivity index (χ4n) is 2.47. The number of nitrogens with one attached hydrogen (secondary N) is 2. The van der Waals surface area contributed by atoms with Crippen LogP contribution in [0, 0.1) is 0 Å². The minimum atomic E-state index is -4.40. The lowest BCUT2D eigenvalue weighted by molar-refractivity contribution is -0.137. The average molecular weight is 422 g/mol. The Morgan fingerprint density at radius 2 is 1.52 bits per heavy atom. The van der Waals surface area contributed by atoms with Crippen LogP contribution < -0.4 is 10.6 Å². The summed E-state index contributed by atoms with van der Waals surface area (Å²) in [5, 5.41) is 5.89. The highest BCUT2D eigenvalue weighted by atomic mass is 32.2. The van der Waals surface area contributed by atoms with Crippen molar-refractivity contribution in [3.63, 3.8) is 0 Å². The molecule has 0 saturated heterocycles. The van der Waals surface area contributed by atoms with E-state index < -0.39 is 21.6 Å². The Bertz CT molecular complexity index is 1100. The molecule has 2 aromatic carbocycles. The number of hydrogen-bond acceptors (Lipinski definition) is 6. The Hall–Kier alpha value is -3.14. The average Bonchev–Trinajstić information content (AvgIpc) is 2.68. The molecule has 0 saturated carbocycles. The van der Waals surface area contributed by atoms with E-state index in [1.807, 2.05) is 0 Å². The summed E-state index contributed by atoms with van der Waals surface area (Å²) >= 11 is 0. The van der Waals surface area contributed by atoms with Gasteiger partial charge in [0, 0.05) is 17.4 Å². The van der Waals surface area contributed by atoms with Crippen molar-refractivity contribution in [3.8, 4) is 0 Å². The van der Waals surface area contributed by atoms with Crippen molar-refractivity contribution < 1.29 is 21.6 Å². The van der Waals surface area contributed by atoms with E-state index in [9.17, 15) is 21.6 Å². The maximum atomic E-state index is 12.6. The summed E-state index contributed by atoms with van der Waals surface area (Å²) in [6, 6.07) is 12.4. The van der Waals surface area contributed by atoms with Gasteiger partial charge in [0.05, 0.1) is 16.2 Å². The second-order valence-corrected chi connectivity index (χ2v) is 8.32. The van der Waals surface area contributed by atoms with Crippen molar-refractivity contribution in [3.05, 3.63) is 66.5 Å². The summed E-state index contributed by atoms with van der Waals surface area (Å²) in [5.41, 5.74) is 0.215. The maximum Gasteiger partial charge on any atom is 0.416 e. The van der Waals surface area contributed by atoms with Gasteiger partial charge in [-0.15, -0.1) is 0 Å². The second kappa shape index (κ2) is 8.08. The standard InChI is InChI=1S/C19H17F3N4O2S/c1-2-29(27,28)16-5-3-4-15(10-16)26-18-11-17(23-12-24-18)25-14-8-6-13(7-9-14)19(20,21)22/h3-12H,2H2,1H3,(H2,23,24,25,26). The van der Waals surface area contributed by atoms with Crippen molar-refractivity contribution in [1.29, 1.82) is 0 Å². The van der Waals surface area contributed by atoms with Crippen LogP contribution in [0.1, 0.15) is 12.5 Å². The van der Waals surface area contributed by atoms with Crippen LogP contribution in [0.5, 0.6) is 0 Å². The molecule has 0 spiro atoms. The van der Waals surface area contributed by atoms with Gasteiger partial charge in [-0.2, -0.15) is 13.2 Å². The van der Waals surface area contributed by atoms with Crippen molar-refractivity contribution in [2.24, 2.45) is 0 Å². The lowest BCUT2D eigenvalue weighted by Gasteiger charge is -2.11. The quantitative estimate of drug-likeness (QED) is 0.595. The fourth-order valence-corrected chi connectivity index (χ4v) is 3.39. The van der Waals surface area contributed by atoms with Gasteiger partial charge in [0.1, 0.15) is 18.0 Å². The van der Waals surface area contributed by atoms with Crippen molar-refractivity contribution in [2.75, 3.05) is 16.4 Å². The first-order valence-corrected chi connectivity index (χ1v) is 10.2. The molecule has 2 N–H and O–H groups in total. The Labute approximate surface area is 165 Å². The van der Waals surface area contributed by atoms with Crippen LogP contribution in [0.4, 0.5) is 36.2 Å². The molecule has 0 aliphatic heterocycles. The molecule has 3 aromatic rings. The smallest absolute Gasteiger partial charge is 0.340 e. The van der Waals surface area contributed by atoms with E-state index >= 15 is 0 Å². The molecule has 0 radical (unpaired) electrons. The molecule has 1 heterocycles. The first-order valence-electron chi connectivity index (χ1n) is 8.53. The first-order chi connectivity index (χ1) is 13.7. The van der Waals surface area contributed by atoms with E-state index in [0.29, 0.717) is 23.0 Å². The number of halogens is 3. The fraction of sp³-hybridized carbons (Fsp3) is 0.158. The molecule has 29 heavy (non-hydrogen) atoms. The van der Waals surface area contributed by atoms with Gasteiger partial charge in [-0.05, 0) is 42.5 Å². The van der Waals surface area contributed by atoms with Crippen molar-refractivity contribution in [2.45, 2.75) is 18.0 Å². The highest BCUT2D eigenvalue weighted by molar-refractivity contribution is 7.91. The van der Waals surface area contributed by atoms with Gasteiger partial charge in [0.25, 0.3) is 0 Å². The van der Waals surface area contributed by atoms with E-state index in [1.54, 1.807) is 25.1 Å². The maximum absolute atomic E-state index is 12.6. The topological polar surface area (TPSA) is 84.0 Å². The van der Waals surface area contributed by atoms with Crippen LogP contribution in [0.25, 0.3) is 0 Å². The zero-order valence-electron chi connectivity index (χ0n) is 15.2. The molecule has 0 atom stereocenters. The van der Waals surface area contributed by atoms with Crippen LogP contribution in [0.2, 0.25) is 0 Å². The molecule has 0 aliphatic carbocycles. The van der Waals surface area contributed by atoms with E-state index in [2.05, 4.69) is 20.6 Å². The SMILES string of the molecule is CCS(=O)(=O)c1cccc(Nc2cc(Nc3ccc(C(F)(F)F)cc3)ncn2)c1. The van der Waals surface area contributed by atoms with Crippen LogP contribution >= 0.6 is 0 Å². The third-order valence-corrected chi connectivity index (χ3v) is 5.73. The predicted octanol–water partition coefficient (Wildman–Crippen LogP) is 4.78. The van der Waals surface area contributed by atoms with E-state index in [0.717, 1.165) is 12.1 Å². The molecule has 6 nitrogen and oxygen atoms in total.